The average molecular weight is 368 g/mol. The van der Waals surface area contributed by atoms with E-state index >= 15 is 0 Å². The van der Waals surface area contributed by atoms with E-state index in [2.05, 4.69) is 5.32 Å². The summed E-state index contributed by atoms with van der Waals surface area (Å²) in [5, 5.41) is 2.57. The summed E-state index contributed by atoms with van der Waals surface area (Å²) in [6.45, 7) is 3.31. The number of hydrogen-bond acceptors (Lipinski definition) is 3. The van der Waals surface area contributed by atoms with Crippen molar-refractivity contribution in [1.82, 2.24) is 9.80 Å². The summed E-state index contributed by atoms with van der Waals surface area (Å²) in [6, 6.07) is 3.90. The highest BCUT2D eigenvalue weighted by Crippen LogP contribution is 2.48. The van der Waals surface area contributed by atoms with Gasteiger partial charge in [0, 0.05) is 38.8 Å². The number of anilines is 1. The van der Waals surface area contributed by atoms with Crippen molar-refractivity contribution < 1.29 is 18.8 Å². The zero-order chi connectivity index (χ0) is 18.2. The van der Waals surface area contributed by atoms with Crippen molar-refractivity contribution in [3.05, 3.63) is 29.0 Å². The quantitative estimate of drug-likeness (QED) is 0.829. The maximum Gasteiger partial charge on any atom is 0.240 e. The lowest BCUT2D eigenvalue weighted by molar-refractivity contribution is -0.146. The molecule has 0 bridgehead atoms. The molecule has 1 saturated carbocycles. The SMILES string of the molecule is CC(=O)N1CCN(C(=O)C2(C(=O)Nc3ccc(F)c(Cl)c3)CC2)CC1. The van der Waals surface area contributed by atoms with E-state index in [1.54, 1.807) is 9.80 Å². The first-order chi connectivity index (χ1) is 11.8. The highest BCUT2D eigenvalue weighted by atomic mass is 35.5. The number of halogens is 2. The van der Waals surface area contributed by atoms with Crippen LogP contribution in [0.15, 0.2) is 18.2 Å². The lowest BCUT2D eigenvalue weighted by Gasteiger charge is -2.35. The van der Waals surface area contributed by atoms with Crippen molar-refractivity contribution in [3.8, 4) is 0 Å². The molecule has 0 atom stereocenters. The lowest BCUT2D eigenvalue weighted by atomic mass is 10.0. The minimum Gasteiger partial charge on any atom is -0.339 e. The first kappa shape index (κ1) is 17.7. The summed E-state index contributed by atoms with van der Waals surface area (Å²) in [4.78, 5) is 40.1. The van der Waals surface area contributed by atoms with E-state index in [0.29, 0.717) is 44.7 Å². The van der Waals surface area contributed by atoms with Gasteiger partial charge in [0.25, 0.3) is 0 Å². The van der Waals surface area contributed by atoms with Gasteiger partial charge in [-0.05, 0) is 31.0 Å². The molecule has 1 heterocycles. The number of nitrogens with one attached hydrogen (secondary N) is 1. The van der Waals surface area contributed by atoms with Gasteiger partial charge in [0.1, 0.15) is 11.2 Å². The third-order valence-electron chi connectivity index (χ3n) is 4.78. The Hall–Kier alpha value is -2.15. The molecule has 1 aliphatic carbocycles. The summed E-state index contributed by atoms with van der Waals surface area (Å²) in [6.07, 6.45) is 0.971. The Labute approximate surface area is 149 Å². The number of carbonyl (C=O) groups is 3. The first-order valence-corrected chi connectivity index (χ1v) is 8.53. The molecule has 6 nitrogen and oxygen atoms in total. The van der Waals surface area contributed by atoms with Crippen LogP contribution in [0.5, 0.6) is 0 Å². The Morgan fingerprint density at radius 3 is 2.24 bits per heavy atom. The second-order valence-corrected chi connectivity index (χ2v) is 6.87. The standard InChI is InChI=1S/C17H19ClFN3O3/c1-11(23)21-6-8-22(9-7-21)16(25)17(4-5-17)15(24)20-12-2-3-14(19)13(18)10-12/h2-3,10H,4-9H2,1H3,(H,20,24). The van der Waals surface area contributed by atoms with E-state index in [0.717, 1.165) is 0 Å². The molecule has 1 N–H and O–H groups in total. The molecule has 1 aromatic rings. The monoisotopic (exact) mass is 367 g/mol. The van der Waals surface area contributed by atoms with Crippen molar-refractivity contribution in [1.29, 1.82) is 0 Å². The van der Waals surface area contributed by atoms with Gasteiger partial charge < -0.3 is 15.1 Å². The molecule has 1 aromatic carbocycles. The normalized spacial score (nSPS) is 18.7. The second-order valence-electron chi connectivity index (χ2n) is 6.46. The fourth-order valence-corrected chi connectivity index (χ4v) is 3.20. The van der Waals surface area contributed by atoms with Gasteiger partial charge in [-0.2, -0.15) is 0 Å². The molecule has 8 heteroatoms. The van der Waals surface area contributed by atoms with Crippen molar-refractivity contribution in [2.45, 2.75) is 19.8 Å². The second kappa shape index (κ2) is 6.63. The van der Waals surface area contributed by atoms with Crippen LogP contribution in [-0.2, 0) is 14.4 Å². The van der Waals surface area contributed by atoms with Crippen LogP contribution >= 0.6 is 11.6 Å². The average Bonchev–Trinajstić information content (AvgIpc) is 3.39. The molecule has 1 saturated heterocycles. The topological polar surface area (TPSA) is 69.7 Å². The predicted octanol–water partition coefficient (Wildman–Crippen LogP) is 1.89. The van der Waals surface area contributed by atoms with Crippen molar-refractivity contribution in [3.63, 3.8) is 0 Å². The number of amides is 3. The van der Waals surface area contributed by atoms with E-state index in [-0.39, 0.29) is 16.8 Å². The molecule has 0 spiro atoms. The molecule has 2 fully saturated rings. The third kappa shape index (κ3) is 3.46. The number of hydrogen-bond donors (Lipinski definition) is 1. The Morgan fingerprint density at radius 1 is 1.12 bits per heavy atom. The highest BCUT2D eigenvalue weighted by Gasteiger charge is 2.58. The largest absolute Gasteiger partial charge is 0.339 e. The predicted molar refractivity (Wildman–Crippen MR) is 90.5 cm³/mol. The lowest BCUT2D eigenvalue weighted by Crippen LogP contribution is -2.53. The molecule has 0 unspecified atom stereocenters. The zero-order valence-electron chi connectivity index (χ0n) is 13.8. The summed E-state index contributed by atoms with van der Waals surface area (Å²) >= 11 is 5.72. The number of carbonyl (C=O) groups excluding carboxylic acids is 3. The van der Waals surface area contributed by atoms with Gasteiger partial charge >= 0.3 is 0 Å². The zero-order valence-corrected chi connectivity index (χ0v) is 14.6. The Balaban J connectivity index is 1.65. The van der Waals surface area contributed by atoms with Crippen LogP contribution in [0.3, 0.4) is 0 Å². The van der Waals surface area contributed by atoms with E-state index in [1.165, 1.54) is 25.1 Å². The van der Waals surface area contributed by atoms with Gasteiger partial charge in [-0.1, -0.05) is 11.6 Å². The van der Waals surface area contributed by atoms with E-state index < -0.39 is 17.1 Å². The molecular formula is C17H19ClFN3O3. The van der Waals surface area contributed by atoms with Crippen molar-refractivity contribution >= 4 is 35.0 Å². The molecule has 25 heavy (non-hydrogen) atoms. The van der Waals surface area contributed by atoms with Crippen LogP contribution in [0.25, 0.3) is 0 Å². The first-order valence-electron chi connectivity index (χ1n) is 8.15. The molecule has 2 aliphatic rings. The molecule has 0 aromatic heterocycles. The number of nitrogens with zero attached hydrogens (tertiary/aromatic N) is 2. The third-order valence-corrected chi connectivity index (χ3v) is 5.07. The molecule has 3 amide bonds. The Bertz CT molecular complexity index is 728. The van der Waals surface area contributed by atoms with Gasteiger partial charge in [0.2, 0.25) is 17.7 Å². The fourth-order valence-electron chi connectivity index (χ4n) is 3.01. The number of rotatable bonds is 3. The van der Waals surface area contributed by atoms with Crippen LogP contribution in [0.1, 0.15) is 19.8 Å². The van der Waals surface area contributed by atoms with Crippen LogP contribution in [-0.4, -0.2) is 53.7 Å². The van der Waals surface area contributed by atoms with Crippen molar-refractivity contribution in [2.24, 2.45) is 5.41 Å². The molecule has 0 radical (unpaired) electrons. The van der Waals surface area contributed by atoms with Crippen LogP contribution in [0.2, 0.25) is 5.02 Å². The van der Waals surface area contributed by atoms with Gasteiger partial charge in [-0.25, -0.2) is 4.39 Å². The molecule has 134 valence electrons. The summed E-state index contributed by atoms with van der Waals surface area (Å²) in [7, 11) is 0. The summed E-state index contributed by atoms with van der Waals surface area (Å²) < 4.78 is 13.2. The Kier molecular flexibility index (Phi) is 4.69. The number of benzene rings is 1. The molecule has 1 aliphatic heterocycles. The Morgan fingerprint density at radius 2 is 1.72 bits per heavy atom. The van der Waals surface area contributed by atoms with Gasteiger partial charge in [-0.15, -0.1) is 0 Å². The summed E-state index contributed by atoms with van der Waals surface area (Å²) in [5.74, 6) is -1.19. The van der Waals surface area contributed by atoms with Gasteiger partial charge in [0.15, 0.2) is 0 Å². The summed E-state index contributed by atoms with van der Waals surface area (Å²) in [5.41, 5.74) is -0.698. The number of piperazine rings is 1. The highest BCUT2D eigenvalue weighted by molar-refractivity contribution is 6.31. The van der Waals surface area contributed by atoms with E-state index in [1.807, 2.05) is 0 Å². The van der Waals surface area contributed by atoms with E-state index in [9.17, 15) is 18.8 Å². The minimum atomic E-state index is -1.06. The van der Waals surface area contributed by atoms with Gasteiger partial charge in [-0.3, -0.25) is 14.4 Å². The minimum absolute atomic E-state index is 0.0147. The fraction of sp³-hybridized carbons (Fsp3) is 0.471. The molecular weight excluding hydrogens is 349 g/mol. The van der Waals surface area contributed by atoms with Gasteiger partial charge in [0.05, 0.1) is 5.02 Å². The van der Waals surface area contributed by atoms with Crippen LogP contribution in [0.4, 0.5) is 10.1 Å². The van der Waals surface area contributed by atoms with Crippen LogP contribution < -0.4 is 5.32 Å². The maximum atomic E-state index is 13.2. The maximum absolute atomic E-state index is 13.2. The van der Waals surface area contributed by atoms with Crippen LogP contribution in [0, 0.1) is 11.2 Å². The van der Waals surface area contributed by atoms with Crippen molar-refractivity contribution in [2.75, 3.05) is 31.5 Å². The smallest absolute Gasteiger partial charge is 0.240 e. The molecule has 3 rings (SSSR count). The van der Waals surface area contributed by atoms with E-state index in [4.69, 9.17) is 11.6 Å².